The number of hydrogen-bond donors (Lipinski definition) is 0. The maximum atomic E-state index is 11.7. The van der Waals surface area contributed by atoms with Crippen molar-refractivity contribution in [3.05, 3.63) is 58.3 Å². The molecule has 2 aromatic rings. The summed E-state index contributed by atoms with van der Waals surface area (Å²) in [6.07, 6.45) is 5.53. The number of carbonyl (C=O) groups excluding carboxylic acids is 1. The number of hydrogen-bond acceptors (Lipinski definition) is 3. The summed E-state index contributed by atoms with van der Waals surface area (Å²) in [6.45, 7) is 0. The van der Waals surface area contributed by atoms with Gasteiger partial charge in [0.15, 0.2) is 5.78 Å². The predicted octanol–water partition coefficient (Wildman–Crippen LogP) is 4.37. The Bertz CT molecular complexity index is 510. The van der Waals surface area contributed by atoms with Crippen molar-refractivity contribution < 1.29 is 4.79 Å². The molecule has 3 heteroatoms. The molecular formula is C14H12OS2. The molecule has 0 aliphatic rings. The number of thiophene rings is 1. The third-order valence-electron chi connectivity index (χ3n) is 2.31. The highest BCUT2D eigenvalue weighted by Crippen LogP contribution is 2.16. The van der Waals surface area contributed by atoms with Crippen molar-refractivity contribution in [3.63, 3.8) is 0 Å². The summed E-state index contributed by atoms with van der Waals surface area (Å²) >= 11 is 3.18. The van der Waals surface area contributed by atoms with Crippen LogP contribution in [0.15, 0.2) is 52.7 Å². The molecule has 0 atom stereocenters. The van der Waals surface area contributed by atoms with Crippen LogP contribution in [0.2, 0.25) is 0 Å². The van der Waals surface area contributed by atoms with E-state index in [0.717, 1.165) is 10.4 Å². The quantitative estimate of drug-likeness (QED) is 0.461. The van der Waals surface area contributed by atoms with Crippen LogP contribution in [0.25, 0.3) is 6.08 Å². The van der Waals surface area contributed by atoms with Crippen molar-refractivity contribution in [1.29, 1.82) is 0 Å². The third kappa shape index (κ3) is 3.32. The van der Waals surface area contributed by atoms with E-state index in [1.807, 2.05) is 42.0 Å². The highest BCUT2D eigenvalue weighted by Gasteiger charge is 2.01. The normalized spacial score (nSPS) is 10.9. The van der Waals surface area contributed by atoms with Crippen molar-refractivity contribution in [1.82, 2.24) is 0 Å². The summed E-state index contributed by atoms with van der Waals surface area (Å²) in [7, 11) is 0. The van der Waals surface area contributed by atoms with Crippen LogP contribution in [0.3, 0.4) is 0 Å². The summed E-state index contributed by atoms with van der Waals surface area (Å²) in [5.74, 6) is 0.0638. The zero-order valence-corrected chi connectivity index (χ0v) is 11.1. The Hall–Kier alpha value is -1.32. The van der Waals surface area contributed by atoms with Crippen LogP contribution in [0.4, 0.5) is 0 Å². The van der Waals surface area contributed by atoms with E-state index in [0.29, 0.717) is 0 Å². The van der Waals surface area contributed by atoms with E-state index in [-0.39, 0.29) is 5.78 Å². The molecule has 0 saturated heterocycles. The second-order valence-corrected chi connectivity index (χ2v) is 5.28. The van der Waals surface area contributed by atoms with Gasteiger partial charge in [-0.05, 0) is 41.5 Å². The molecule has 0 aliphatic heterocycles. The number of benzene rings is 1. The molecule has 0 amide bonds. The number of allylic oxidation sites excluding steroid dienone is 1. The molecule has 0 N–H and O–H groups in total. The minimum absolute atomic E-state index is 0.0638. The Morgan fingerprint density at radius 1 is 1.24 bits per heavy atom. The van der Waals surface area contributed by atoms with Gasteiger partial charge in [-0.3, -0.25) is 4.79 Å². The van der Waals surface area contributed by atoms with E-state index in [9.17, 15) is 4.79 Å². The molecule has 0 saturated carbocycles. The lowest BCUT2D eigenvalue weighted by atomic mass is 10.2. The predicted molar refractivity (Wildman–Crippen MR) is 75.9 cm³/mol. The first kappa shape index (κ1) is 12.1. The second-order valence-electron chi connectivity index (χ2n) is 3.45. The summed E-state index contributed by atoms with van der Waals surface area (Å²) in [5.41, 5.74) is 1.05. The number of ketones is 1. The lowest BCUT2D eigenvalue weighted by Gasteiger charge is -1.96. The van der Waals surface area contributed by atoms with Crippen LogP contribution in [0, 0.1) is 0 Å². The van der Waals surface area contributed by atoms with Gasteiger partial charge in [-0.2, -0.15) is 0 Å². The highest BCUT2D eigenvalue weighted by molar-refractivity contribution is 7.98. The molecule has 2 rings (SSSR count). The SMILES string of the molecule is CSc1ccc(/C=C/C(=O)c2cccs2)cc1. The van der Waals surface area contributed by atoms with Gasteiger partial charge in [0.1, 0.15) is 0 Å². The Morgan fingerprint density at radius 2 is 2.00 bits per heavy atom. The maximum Gasteiger partial charge on any atom is 0.195 e. The Morgan fingerprint density at radius 3 is 2.59 bits per heavy atom. The van der Waals surface area contributed by atoms with Crippen LogP contribution in [-0.4, -0.2) is 12.0 Å². The van der Waals surface area contributed by atoms with E-state index < -0.39 is 0 Å². The van der Waals surface area contributed by atoms with E-state index in [2.05, 4.69) is 12.1 Å². The average molecular weight is 260 g/mol. The van der Waals surface area contributed by atoms with Gasteiger partial charge in [0.25, 0.3) is 0 Å². The second kappa shape index (κ2) is 5.84. The Labute approximate surface area is 109 Å². The van der Waals surface area contributed by atoms with Crippen LogP contribution in [-0.2, 0) is 0 Å². The number of rotatable bonds is 4. The van der Waals surface area contributed by atoms with E-state index >= 15 is 0 Å². The van der Waals surface area contributed by atoms with Gasteiger partial charge in [-0.1, -0.05) is 24.3 Å². The molecule has 0 bridgehead atoms. The molecular weight excluding hydrogens is 248 g/mol. The molecule has 17 heavy (non-hydrogen) atoms. The summed E-state index contributed by atoms with van der Waals surface area (Å²) < 4.78 is 0. The van der Waals surface area contributed by atoms with Crippen molar-refractivity contribution in [2.75, 3.05) is 6.26 Å². The first-order chi connectivity index (χ1) is 8.29. The molecule has 0 spiro atoms. The van der Waals surface area contributed by atoms with Gasteiger partial charge < -0.3 is 0 Å². The smallest absolute Gasteiger partial charge is 0.195 e. The Balaban J connectivity index is 2.07. The van der Waals surface area contributed by atoms with Crippen LogP contribution >= 0.6 is 23.1 Å². The zero-order valence-electron chi connectivity index (χ0n) is 9.42. The molecule has 0 fully saturated rings. The van der Waals surface area contributed by atoms with Gasteiger partial charge >= 0.3 is 0 Å². The van der Waals surface area contributed by atoms with Gasteiger partial charge in [0, 0.05) is 4.90 Å². The van der Waals surface area contributed by atoms with Gasteiger partial charge in [-0.25, -0.2) is 0 Å². The fraction of sp³-hybridized carbons (Fsp3) is 0.0714. The molecule has 1 heterocycles. The first-order valence-electron chi connectivity index (χ1n) is 5.19. The standard InChI is InChI=1S/C14H12OS2/c1-16-12-7-4-11(5-8-12)6-9-13(15)14-3-2-10-17-14/h2-10H,1H3/b9-6+. The Kier molecular flexibility index (Phi) is 4.18. The monoisotopic (exact) mass is 260 g/mol. The molecule has 1 aromatic heterocycles. The molecule has 0 unspecified atom stereocenters. The molecule has 0 aliphatic carbocycles. The van der Waals surface area contributed by atoms with E-state index in [1.54, 1.807) is 17.8 Å². The first-order valence-corrected chi connectivity index (χ1v) is 7.30. The molecule has 1 nitrogen and oxygen atoms in total. The third-order valence-corrected chi connectivity index (χ3v) is 3.93. The van der Waals surface area contributed by atoms with Crippen molar-refractivity contribution in [2.24, 2.45) is 0 Å². The lowest BCUT2D eigenvalue weighted by molar-refractivity contribution is 0.105. The van der Waals surface area contributed by atoms with Gasteiger partial charge in [0.2, 0.25) is 0 Å². The molecule has 86 valence electrons. The maximum absolute atomic E-state index is 11.7. The largest absolute Gasteiger partial charge is 0.288 e. The van der Waals surface area contributed by atoms with Gasteiger partial charge in [-0.15, -0.1) is 23.1 Å². The average Bonchev–Trinajstić information content (AvgIpc) is 2.90. The van der Waals surface area contributed by atoms with E-state index in [1.165, 1.54) is 16.2 Å². The minimum atomic E-state index is 0.0638. The van der Waals surface area contributed by atoms with E-state index in [4.69, 9.17) is 0 Å². The van der Waals surface area contributed by atoms with Crippen LogP contribution < -0.4 is 0 Å². The van der Waals surface area contributed by atoms with Crippen molar-refractivity contribution in [3.8, 4) is 0 Å². The summed E-state index contributed by atoms with van der Waals surface area (Å²) in [4.78, 5) is 13.7. The summed E-state index contributed by atoms with van der Waals surface area (Å²) in [5, 5.41) is 1.91. The van der Waals surface area contributed by atoms with Crippen LogP contribution in [0.1, 0.15) is 15.2 Å². The highest BCUT2D eigenvalue weighted by atomic mass is 32.2. The fourth-order valence-corrected chi connectivity index (χ4v) is 2.44. The van der Waals surface area contributed by atoms with Crippen molar-refractivity contribution >= 4 is 35.0 Å². The fourth-order valence-electron chi connectivity index (χ4n) is 1.39. The molecule has 1 aromatic carbocycles. The lowest BCUT2D eigenvalue weighted by Crippen LogP contribution is -1.88. The van der Waals surface area contributed by atoms with Crippen LogP contribution in [0.5, 0.6) is 0 Å². The zero-order chi connectivity index (χ0) is 12.1. The number of thioether (sulfide) groups is 1. The van der Waals surface area contributed by atoms with Crippen molar-refractivity contribution in [2.45, 2.75) is 4.90 Å². The summed E-state index contributed by atoms with van der Waals surface area (Å²) in [6, 6.07) is 11.9. The minimum Gasteiger partial charge on any atom is -0.288 e. The molecule has 0 radical (unpaired) electrons. The topological polar surface area (TPSA) is 17.1 Å². The van der Waals surface area contributed by atoms with Gasteiger partial charge in [0.05, 0.1) is 4.88 Å². The number of carbonyl (C=O) groups is 1.